The summed E-state index contributed by atoms with van der Waals surface area (Å²) in [6, 6.07) is 5.09. The minimum Gasteiger partial charge on any atom is -0.381 e. The Kier molecular flexibility index (Phi) is 8.03. The second-order valence-electron chi connectivity index (χ2n) is 4.60. The Hall–Kier alpha value is -0.640. The van der Waals surface area contributed by atoms with E-state index < -0.39 is 0 Å². The fourth-order valence-electron chi connectivity index (χ4n) is 1.99. The maximum absolute atomic E-state index is 13.8. The van der Waals surface area contributed by atoms with Crippen molar-refractivity contribution in [3.8, 4) is 0 Å². The monoisotopic (exact) mass is 287 g/mol. The molecule has 0 bridgehead atoms. The maximum Gasteiger partial charge on any atom is 0.127 e. The Morgan fingerprint density at radius 3 is 2.74 bits per heavy atom. The Balaban J connectivity index is 2.51. The molecule has 4 heteroatoms. The van der Waals surface area contributed by atoms with Gasteiger partial charge in [0.2, 0.25) is 0 Å². The fraction of sp³-hybridized carbons (Fsp3) is 0.600. The summed E-state index contributed by atoms with van der Waals surface area (Å²) < 4.78 is 19.2. The van der Waals surface area contributed by atoms with Crippen molar-refractivity contribution in [1.82, 2.24) is 5.32 Å². The van der Waals surface area contributed by atoms with Gasteiger partial charge in [0.15, 0.2) is 0 Å². The lowest BCUT2D eigenvalue weighted by molar-refractivity contribution is 0.124. The third-order valence-corrected chi connectivity index (χ3v) is 3.17. The molecule has 0 aliphatic rings. The summed E-state index contributed by atoms with van der Waals surface area (Å²) in [5.74, 6) is -0.232. The Morgan fingerprint density at radius 2 is 2.11 bits per heavy atom. The van der Waals surface area contributed by atoms with Crippen LogP contribution in [0.1, 0.15) is 32.3 Å². The van der Waals surface area contributed by atoms with Crippen molar-refractivity contribution in [2.24, 2.45) is 0 Å². The van der Waals surface area contributed by atoms with Gasteiger partial charge in [-0.15, -0.1) is 0 Å². The Morgan fingerprint density at radius 1 is 1.32 bits per heavy atom. The molecule has 1 aromatic rings. The van der Waals surface area contributed by atoms with Crippen molar-refractivity contribution in [2.45, 2.75) is 39.2 Å². The summed E-state index contributed by atoms with van der Waals surface area (Å²) in [4.78, 5) is 0. The summed E-state index contributed by atoms with van der Waals surface area (Å²) in [7, 11) is 0. The molecule has 0 saturated carbocycles. The minimum absolute atomic E-state index is 0.232. The van der Waals surface area contributed by atoms with Crippen molar-refractivity contribution >= 4 is 11.6 Å². The Labute approximate surface area is 120 Å². The molecule has 0 radical (unpaired) electrons. The lowest BCUT2D eigenvalue weighted by Crippen LogP contribution is -2.32. The van der Waals surface area contributed by atoms with Gasteiger partial charge in [0, 0.05) is 24.3 Å². The van der Waals surface area contributed by atoms with Gasteiger partial charge in [-0.25, -0.2) is 4.39 Å². The fourth-order valence-corrected chi connectivity index (χ4v) is 2.15. The molecule has 2 nitrogen and oxygen atoms in total. The molecule has 0 aliphatic heterocycles. The van der Waals surface area contributed by atoms with Gasteiger partial charge in [0.1, 0.15) is 5.82 Å². The van der Waals surface area contributed by atoms with Crippen LogP contribution in [-0.4, -0.2) is 25.8 Å². The maximum atomic E-state index is 13.8. The van der Waals surface area contributed by atoms with E-state index in [1.54, 1.807) is 12.1 Å². The first-order valence-corrected chi connectivity index (χ1v) is 7.30. The SMILES string of the molecule is CCCOCCC(Cc1ccc(Cl)cc1F)NCC. The van der Waals surface area contributed by atoms with Crippen LogP contribution in [0, 0.1) is 5.82 Å². The van der Waals surface area contributed by atoms with Crippen LogP contribution in [0.15, 0.2) is 18.2 Å². The van der Waals surface area contributed by atoms with Gasteiger partial charge in [0.25, 0.3) is 0 Å². The van der Waals surface area contributed by atoms with Crippen LogP contribution in [0.25, 0.3) is 0 Å². The van der Waals surface area contributed by atoms with Crippen molar-refractivity contribution in [3.63, 3.8) is 0 Å². The summed E-state index contributed by atoms with van der Waals surface area (Å²) in [6.45, 7) is 6.51. The van der Waals surface area contributed by atoms with Crippen molar-refractivity contribution in [3.05, 3.63) is 34.6 Å². The molecular formula is C15H23ClFNO. The molecule has 0 spiro atoms. The van der Waals surface area contributed by atoms with E-state index in [2.05, 4.69) is 19.2 Å². The molecule has 1 unspecified atom stereocenters. The molecule has 0 aliphatic carbocycles. The van der Waals surface area contributed by atoms with E-state index in [4.69, 9.17) is 16.3 Å². The second-order valence-corrected chi connectivity index (χ2v) is 5.03. The summed E-state index contributed by atoms with van der Waals surface area (Å²) in [6.07, 6.45) is 2.57. The average molecular weight is 288 g/mol. The first-order chi connectivity index (χ1) is 9.17. The van der Waals surface area contributed by atoms with E-state index in [9.17, 15) is 4.39 Å². The number of nitrogens with one attached hydrogen (secondary N) is 1. The topological polar surface area (TPSA) is 21.3 Å². The number of benzene rings is 1. The highest BCUT2D eigenvalue weighted by atomic mass is 35.5. The standard InChI is InChI=1S/C15H23ClFNO/c1-3-8-19-9-7-14(18-4-2)10-12-5-6-13(16)11-15(12)17/h5-6,11,14,18H,3-4,7-10H2,1-2H3. The quantitative estimate of drug-likeness (QED) is 0.697. The molecule has 0 saturated heterocycles. The number of hydrogen-bond acceptors (Lipinski definition) is 2. The van der Waals surface area contributed by atoms with Crippen LogP contribution in [0.4, 0.5) is 4.39 Å². The summed E-state index contributed by atoms with van der Waals surface area (Å²) in [5, 5.41) is 3.81. The molecule has 1 N–H and O–H groups in total. The molecule has 0 aromatic heterocycles. The zero-order valence-corrected chi connectivity index (χ0v) is 12.5. The number of likely N-dealkylation sites (N-methyl/N-ethyl adjacent to an activating group) is 1. The zero-order chi connectivity index (χ0) is 14.1. The minimum atomic E-state index is -0.232. The largest absolute Gasteiger partial charge is 0.381 e. The van der Waals surface area contributed by atoms with E-state index in [0.717, 1.165) is 26.0 Å². The first kappa shape index (κ1) is 16.4. The van der Waals surface area contributed by atoms with Crippen LogP contribution in [0.2, 0.25) is 5.02 Å². The van der Waals surface area contributed by atoms with Crippen molar-refractivity contribution in [1.29, 1.82) is 0 Å². The highest BCUT2D eigenvalue weighted by Crippen LogP contribution is 2.16. The highest BCUT2D eigenvalue weighted by Gasteiger charge is 2.11. The van der Waals surface area contributed by atoms with E-state index in [1.165, 1.54) is 6.07 Å². The molecule has 1 atom stereocenters. The van der Waals surface area contributed by atoms with E-state index in [-0.39, 0.29) is 11.9 Å². The normalized spacial score (nSPS) is 12.6. The van der Waals surface area contributed by atoms with Crippen LogP contribution < -0.4 is 5.32 Å². The highest BCUT2D eigenvalue weighted by molar-refractivity contribution is 6.30. The van der Waals surface area contributed by atoms with Gasteiger partial charge >= 0.3 is 0 Å². The van der Waals surface area contributed by atoms with Gasteiger partial charge in [-0.2, -0.15) is 0 Å². The van der Waals surface area contributed by atoms with Crippen LogP contribution in [0.3, 0.4) is 0 Å². The number of rotatable bonds is 9. The average Bonchev–Trinajstić information content (AvgIpc) is 2.38. The molecule has 19 heavy (non-hydrogen) atoms. The lowest BCUT2D eigenvalue weighted by atomic mass is 10.0. The van der Waals surface area contributed by atoms with E-state index in [0.29, 0.717) is 23.6 Å². The third kappa shape index (κ3) is 6.37. The summed E-state index contributed by atoms with van der Waals surface area (Å²) in [5.41, 5.74) is 0.700. The molecule has 0 fully saturated rings. The van der Waals surface area contributed by atoms with Crippen LogP contribution >= 0.6 is 11.6 Å². The van der Waals surface area contributed by atoms with Gasteiger partial charge in [0.05, 0.1) is 0 Å². The van der Waals surface area contributed by atoms with Gasteiger partial charge in [-0.3, -0.25) is 0 Å². The number of halogens is 2. The predicted octanol–water partition coefficient (Wildman–Crippen LogP) is 3.82. The van der Waals surface area contributed by atoms with Crippen molar-refractivity contribution < 1.29 is 9.13 Å². The van der Waals surface area contributed by atoms with Crippen molar-refractivity contribution in [2.75, 3.05) is 19.8 Å². The summed E-state index contributed by atoms with van der Waals surface area (Å²) >= 11 is 5.76. The molecule has 0 heterocycles. The molecule has 1 aromatic carbocycles. The smallest absolute Gasteiger partial charge is 0.127 e. The first-order valence-electron chi connectivity index (χ1n) is 6.92. The third-order valence-electron chi connectivity index (χ3n) is 2.93. The van der Waals surface area contributed by atoms with Gasteiger partial charge in [-0.05, 0) is 43.5 Å². The molecule has 0 amide bonds. The van der Waals surface area contributed by atoms with Gasteiger partial charge < -0.3 is 10.1 Å². The molecule has 1 rings (SSSR count). The molecule has 108 valence electrons. The second kappa shape index (κ2) is 9.29. The number of hydrogen-bond donors (Lipinski definition) is 1. The lowest BCUT2D eigenvalue weighted by Gasteiger charge is -2.18. The van der Waals surface area contributed by atoms with Crippen LogP contribution in [-0.2, 0) is 11.2 Å². The number of ether oxygens (including phenoxy) is 1. The van der Waals surface area contributed by atoms with E-state index in [1.807, 2.05) is 0 Å². The molecular weight excluding hydrogens is 265 g/mol. The van der Waals surface area contributed by atoms with Gasteiger partial charge in [-0.1, -0.05) is 31.5 Å². The van der Waals surface area contributed by atoms with Crippen LogP contribution in [0.5, 0.6) is 0 Å². The predicted molar refractivity (Wildman–Crippen MR) is 78.3 cm³/mol. The van der Waals surface area contributed by atoms with E-state index >= 15 is 0 Å². The Bertz CT molecular complexity index is 373. The zero-order valence-electron chi connectivity index (χ0n) is 11.7.